The van der Waals surface area contributed by atoms with Crippen molar-refractivity contribution < 1.29 is 14.3 Å². The summed E-state index contributed by atoms with van der Waals surface area (Å²) in [4.78, 5) is 14.4. The molecule has 0 radical (unpaired) electrons. The first kappa shape index (κ1) is 16.1. The van der Waals surface area contributed by atoms with E-state index in [9.17, 15) is 4.79 Å². The van der Waals surface area contributed by atoms with E-state index in [1.807, 2.05) is 25.5 Å². The number of aromatic nitrogens is 2. The van der Waals surface area contributed by atoms with Gasteiger partial charge in [-0.3, -0.25) is 4.68 Å². The van der Waals surface area contributed by atoms with Gasteiger partial charge in [0.1, 0.15) is 0 Å². The number of amides is 1. The number of hydrogen-bond donors (Lipinski definition) is 0. The number of benzene rings is 1. The Morgan fingerprint density at radius 3 is 3.04 bits per heavy atom. The fraction of sp³-hybridized carbons (Fsp3) is 0.474. The number of rotatable bonds is 3. The van der Waals surface area contributed by atoms with Crippen molar-refractivity contribution >= 4 is 6.09 Å². The Morgan fingerprint density at radius 1 is 1.40 bits per heavy atom. The van der Waals surface area contributed by atoms with Crippen molar-refractivity contribution in [2.75, 3.05) is 26.4 Å². The Balaban J connectivity index is 1.51. The molecule has 1 fully saturated rings. The van der Waals surface area contributed by atoms with Crippen LogP contribution in [0.25, 0.3) is 0 Å². The van der Waals surface area contributed by atoms with Crippen LogP contribution in [0.5, 0.6) is 0 Å². The van der Waals surface area contributed by atoms with E-state index in [-0.39, 0.29) is 12.0 Å². The molecule has 0 N–H and O–H groups in total. The van der Waals surface area contributed by atoms with E-state index in [1.165, 1.54) is 11.1 Å². The molecule has 2 unspecified atom stereocenters. The Hall–Kier alpha value is -2.34. The normalized spacial score (nSPS) is 22.7. The largest absolute Gasteiger partial charge is 0.449 e. The second kappa shape index (κ2) is 6.88. The van der Waals surface area contributed by atoms with Gasteiger partial charge < -0.3 is 14.4 Å². The van der Waals surface area contributed by atoms with Gasteiger partial charge in [0.25, 0.3) is 0 Å². The zero-order valence-corrected chi connectivity index (χ0v) is 14.4. The van der Waals surface area contributed by atoms with Crippen molar-refractivity contribution in [1.29, 1.82) is 0 Å². The van der Waals surface area contributed by atoms with Gasteiger partial charge in [-0.25, -0.2) is 4.79 Å². The van der Waals surface area contributed by atoms with Gasteiger partial charge in [0.15, 0.2) is 0 Å². The average Bonchev–Trinajstić information content (AvgIpc) is 3.30. The van der Waals surface area contributed by atoms with Gasteiger partial charge >= 0.3 is 6.09 Å². The summed E-state index contributed by atoms with van der Waals surface area (Å²) < 4.78 is 12.7. The molecule has 2 aliphatic rings. The summed E-state index contributed by atoms with van der Waals surface area (Å²) in [6, 6.07) is 8.30. The second-order valence-corrected chi connectivity index (χ2v) is 6.89. The molecule has 25 heavy (non-hydrogen) atoms. The van der Waals surface area contributed by atoms with E-state index < -0.39 is 0 Å². The molecule has 1 saturated heterocycles. The van der Waals surface area contributed by atoms with Crippen LogP contribution in [0, 0.1) is 5.92 Å². The number of ether oxygens (including phenoxy) is 2. The maximum atomic E-state index is 12.6. The highest BCUT2D eigenvalue weighted by Gasteiger charge is 2.31. The SMILES string of the molecule is Cn1cc(C2CN(C(=O)OCC3CCOC3)Cc3ccccc32)cn1. The van der Waals surface area contributed by atoms with Crippen LogP contribution in [0.2, 0.25) is 0 Å². The van der Waals surface area contributed by atoms with E-state index in [1.54, 1.807) is 9.58 Å². The molecule has 0 aliphatic carbocycles. The summed E-state index contributed by atoms with van der Waals surface area (Å²) in [5.74, 6) is 0.455. The third-order valence-electron chi connectivity index (χ3n) is 5.05. The Morgan fingerprint density at radius 2 is 2.28 bits per heavy atom. The van der Waals surface area contributed by atoms with Crippen LogP contribution in [-0.4, -0.2) is 47.1 Å². The molecule has 2 atom stereocenters. The molecular formula is C19H23N3O3. The molecule has 0 bridgehead atoms. The number of hydrogen-bond acceptors (Lipinski definition) is 4. The molecule has 2 aliphatic heterocycles. The maximum Gasteiger partial charge on any atom is 0.410 e. The first-order valence-electron chi connectivity index (χ1n) is 8.76. The summed E-state index contributed by atoms with van der Waals surface area (Å²) in [5, 5.41) is 4.29. The fourth-order valence-electron chi connectivity index (χ4n) is 3.65. The van der Waals surface area contributed by atoms with Crippen molar-refractivity contribution in [3.63, 3.8) is 0 Å². The molecule has 2 aromatic rings. The predicted octanol–water partition coefficient (Wildman–Crippen LogP) is 2.54. The summed E-state index contributed by atoms with van der Waals surface area (Å²) in [5.41, 5.74) is 3.56. The lowest BCUT2D eigenvalue weighted by atomic mass is 9.86. The van der Waals surface area contributed by atoms with E-state index >= 15 is 0 Å². The lowest BCUT2D eigenvalue weighted by Gasteiger charge is -2.34. The van der Waals surface area contributed by atoms with Gasteiger partial charge in [-0.2, -0.15) is 5.10 Å². The number of aryl methyl sites for hydroxylation is 1. The van der Waals surface area contributed by atoms with Gasteiger partial charge in [-0.1, -0.05) is 24.3 Å². The minimum absolute atomic E-state index is 0.126. The number of fused-ring (bicyclic) bond motifs is 1. The third-order valence-corrected chi connectivity index (χ3v) is 5.05. The first-order valence-corrected chi connectivity index (χ1v) is 8.76. The fourth-order valence-corrected chi connectivity index (χ4v) is 3.65. The number of nitrogens with zero attached hydrogens (tertiary/aromatic N) is 3. The highest BCUT2D eigenvalue weighted by molar-refractivity contribution is 5.68. The van der Waals surface area contributed by atoms with Crippen LogP contribution in [0.3, 0.4) is 0 Å². The molecule has 6 nitrogen and oxygen atoms in total. The van der Waals surface area contributed by atoms with E-state index in [2.05, 4.69) is 23.3 Å². The van der Waals surface area contributed by atoms with Crippen LogP contribution in [-0.2, 0) is 23.1 Å². The maximum absolute atomic E-state index is 12.6. The quantitative estimate of drug-likeness (QED) is 0.861. The standard InChI is InChI=1S/C19H23N3O3/c1-21-9-16(8-20-21)18-11-22(10-15-4-2-3-5-17(15)18)19(23)25-13-14-6-7-24-12-14/h2-5,8-9,14,18H,6-7,10-13H2,1H3. The molecule has 1 amide bonds. The molecule has 0 spiro atoms. The Bertz CT molecular complexity index is 752. The number of carbonyl (C=O) groups excluding carboxylic acids is 1. The summed E-state index contributed by atoms with van der Waals surface area (Å²) >= 11 is 0. The summed E-state index contributed by atoms with van der Waals surface area (Å²) in [6.45, 7) is 3.10. The van der Waals surface area contributed by atoms with Crippen molar-refractivity contribution in [3.8, 4) is 0 Å². The van der Waals surface area contributed by atoms with Gasteiger partial charge in [0, 0.05) is 44.8 Å². The molecule has 132 valence electrons. The average molecular weight is 341 g/mol. The minimum Gasteiger partial charge on any atom is -0.449 e. The van der Waals surface area contributed by atoms with Crippen LogP contribution in [0.4, 0.5) is 4.79 Å². The highest BCUT2D eigenvalue weighted by Crippen LogP contribution is 2.33. The van der Waals surface area contributed by atoms with E-state index in [4.69, 9.17) is 9.47 Å². The Labute approximate surface area is 147 Å². The van der Waals surface area contributed by atoms with E-state index in [0.717, 1.165) is 18.6 Å². The van der Waals surface area contributed by atoms with Crippen LogP contribution >= 0.6 is 0 Å². The summed E-state index contributed by atoms with van der Waals surface area (Å²) in [6.07, 6.45) is 4.63. The predicted molar refractivity (Wildman–Crippen MR) is 92.2 cm³/mol. The van der Waals surface area contributed by atoms with Gasteiger partial charge in [0.2, 0.25) is 0 Å². The lowest BCUT2D eigenvalue weighted by Crippen LogP contribution is -2.39. The minimum atomic E-state index is -0.240. The smallest absolute Gasteiger partial charge is 0.410 e. The molecule has 6 heteroatoms. The van der Waals surface area contributed by atoms with Crippen LogP contribution in [0.1, 0.15) is 29.0 Å². The van der Waals surface area contributed by atoms with E-state index in [0.29, 0.717) is 32.2 Å². The summed E-state index contributed by atoms with van der Waals surface area (Å²) in [7, 11) is 1.91. The second-order valence-electron chi connectivity index (χ2n) is 6.89. The number of carbonyl (C=O) groups is 1. The van der Waals surface area contributed by atoms with Gasteiger partial charge in [-0.05, 0) is 23.1 Å². The van der Waals surface area contributed by atoms with Crippen molar-refractivity contribution in [1.82, 2.24) is 14.7 Å². The van der Waals surface area contributed by atoms with Crippen molar-refractivity contribution in [2.24, 2.45) is 13.0 Å². The third kappa shape index (κ3) is 3.39. The van der Waals surface area contributed by atoms with Gasteiger partial charge in [-0.15, -0.1) is 0 Å². The zero-order chi connectivity index (χ0) is 17.2. The van der Waals surface area contributed by atoms with Crippen LogP contribution in [0.15, 0.2) is 36.7 Å². The lowest BCUT2D eigenvalue weighted by molar-refractivity contribution is 0.0779. The molecule has 4 rings (SSSR count). The zero-order valence-electron chi connectivity index (χ0n) is 14.4. The molecule has 1 aromatic carbocycles. The molecule has 0 saturated carbocycles. The topological polar surface area (TPSA) is 56.6 Å². The van der Waals surface area contributed by atoms with Crippen molar-refractivity contribution in [2.45, 2.75) is 18.9 Å². The monoisotopic (exact) mass is 341 g/mol. The molecular weight excluding hydrogens is 318 g/mol. The molecule has 1 aromatic heterocycles. The Kier molecular flexibility index (Phi) is 4.44. The molecule has 3 heterocycles. The van der Waals surface area contributed by atoms with Crippen molar-refractivity contribution in [3.05, 3.63) is 53.3 Å². The highest BCUT2D eigenvalue weighted by atomic mass is 16.6. The van der Waals surface area contributed by atoms with Gasteiger partial charge in [0.05, 0.1) is 19.4 Å². The van der Waals surface area contributed by atoms with Crippen LogP contribution < -0.4 is 0 Å². The first-order chi connectivity index (χ1) is 12.2.